The molecule has 4 aromatic carbocycles. The fraction of sp³-hybridized carbons (Fsp3) is 0. The Morgan fingerprint density at radius 2 is 0.774 bits per heavy atom. The Labute approximate surface area is 179 Å². The predicted octanol–water partition coefficient (Wildman–Crippen LogP) is 4.55. The van der Waals surface area contributed by atoms with Crippen LogP contribution in [-0.2, 0) is 0 Å². The van der Waals surface area contributed by atoms with Gasteiger partial charge in [0.05, 0.1) is 22.7 Å². The summed E-state index contributed by atoms with van der Waals surface area (Å²) in [7, 11) is 0. The number of rotatable bonds is 4. The number of hydrogen-bond acceptors (Lipinski definition) is 7. The summed E-state index contributed by atoms with van der Waals surface area (Å²) in [5.41, 5.74) is 28.7. The molecule has 4 rings (SSSR count). The number of ether oxygens (including phenoxy) is 1. The van der Waals surface area contributed by atoms with Gasteiger partial charge in [-0.25, -0.2) is 0 Å². The smallest absolute Gasteiger partial charge is 0.150 e. The highest BCUT2D eigenvalue weighted by Crippen LogP contribution is 2.37. The molecule has 7 heteroatoms. The summed E-state index contributed by atoms with van der Waals surface area (Å²) in [6.07, 6.45) is 0. The molecule has 10 N–H and O–H groups in total. The zero-order chi connectivity index (χ0) is 22.1. The van der Waals surface area contributed by atoms with Crippen molar-refractivity contribution in [2.45, 2.75) is 0 Å². The van der Waals surface area contributed by atoms with E-state index in [1.807, 2.05) is 12.1 Å². The summed E-state index contributed by atoms with van der Waals surface area (Å²) in [6, 6.07) is 20.7. The molecule has 0 unspecified atom stereocenters. The number of nitrogen functional groups attached to an aromatic ring is 4. The first-order valence-corrected chi connectivity index (χ1v) is 9.46. The van der Waals surface area contributed by atoms with Gasteiger partial charge in [0.1, 0.15) is 23.0 Å². The fourth-order valence-corrected chi connectivity index (χ4v) is 3.23. The van der Waals surface area contributed by atoms with Crippen LogP contribution in [0, 0.1) is 0 Å². The average Bonchev–Trinajstić information content (AvgIpc) is 2.74. The lowest BCUT2D eigenvalue weighted by Gasteiger charge is -2.13. The first-order valence-electron chi connectivity index (χ1n) is 9.46. The van der Waals surface area contributed by atoms with Crippen molar-refractivity contribution in [1.29, 1.82) is 0 Å². The highest BCUT2D eigenvalue weighted by Gasteiger charge is 2.10. The van der Waals surface area contributed by atoms with Gasteiger partial charge in [0.25, 0.3) is 0 Å². The number of benzene rings is 4. The minimum atomic E-state index is 0.0330. The second-order valence-electron chi connectivity index (χ2n) is 7.15. The standard InChI is InChI=1S/C24H22N4O3/c25-17-9-13(1-5-21(17)29)15-3-7-23(19(27)11-15)31-24-8-4-16(12-20(24)28)14-2-6-22(30)18(26)10-14/h1-12,29-30H,25-28H2. The maximum atomic E-state index is 9.60. The predicted molar refractivity (Wildman–Crippen MR) is 125 cm³/mol. The van der Waals surface area contributed by atoms with Gasteiger partial charge >= 0.3 is 0 Å². The lowest BCUT2D eigenvalue weighted by molar-refractivity contribution is 0.477. The lowest BCUT2D eigenvalue weighted by Crippen LogP contribution is -1.97. The van der Waals surface area contributed by atoms with Crippen LogP contribution in [0.3, 0.4) is 0 Å². The van der Waals surface area contributed by atoms with E-state index >= 15 is 0 Å². The number of nitrogens with two attached hydrogens (primary N) is 4. The maximum absolute atomic E-state index is 9.60. The molecule has 0 atom stereocenters. The molecule has 31 heavy (non-hydrogen) atoms. The summed E-state index contributed by atoms with van der Waals surface area (Å²) in [4.78, 5) is 0. The molecule has 0 bridgehead atoms. The largest absolute Gasteiger partial charge is 0.506 e. The number of anilines is 4. The van der Waals surface area contributed by atoms with E-state index in [9.17, 15) is 10.2 Å². The van der Waals surface area contributed by atoms with Gasteiger partial charge in [-0.1, -0.05) is 24.3 Å². The quantitative estimate of drug-likeness (QED) is 0.211. The minimum Gasteiger partial charge on any atom is -0.506 e. The van der Waals surface area contributed by atoms with Gasteiger partial charge in [-0.3, -0.25) is 0 Å². The second-order valence-corrected chi connectivity index (χ2v) is 7.15. The van der Waals surface area contributed by atoms with Crippen molar-refractivity contribution in [3.05, 3.63) is 72.8 Å². The molecule has 0 aliphatic carbocycles. The molecule has 0 aliphatic rings. The van der Waals surface area contributed by atoms with Gasteiger partial charge < -0.3 is 37.9 Å². The SMILES string of the molecule is Nc1cc(-c2ccc(Oc3ccc(-c4ccc(O)c(N)c4)cc3N)c(N)c2)ccc1O. The summed E-state index contributed by atoms with van der Waals surface area (Å²) in [5.74, 6) is 0.990. The Bertz CT molecular complexity index is 1190. The van der Waals surface area contributed by atoms with Crippen LogP contribution in [0.15, 0.2) is 72.8 Å². The Kier molecular flexibility index (Phi) is 4.92. The molecule has 7 nitrogen and oxygen atoms in total. The Hall–Kier alpha value is -4.52. The molecule has 0 amide bonds. The third-order valence-electron chi connectivity index (χ3n) is 4.96. The van der Waals surface area contributed by atoms with Gasteiger partial charge in [0.2, 0.25) is 0 Å². The highest BCUT2D eigenvalue weighted by molar-refractivity contribution is 5.77. The van der Waals surface area contributed by atoms with E-state index in [0.717, 1.165) is 22.3 Å². The molecule has 156 valence electrons. The Morgan fingerprint density at radius 1 is 0.452 bits per heavy atom. The van der Waals surface area contributed by atoms with Crippen molar-refractivity contribution in [2.24, 2.45) is 0 Å². The van der Waals surface area contributed by atoms with Crippen LogP contribution < -0.4 is 27.7 Å². The maximum Gasteiger partial charge on any atom is 0.150 e. The van der Waals surface area contributed by atoms with Crippen LogP contribution in [0.1, 0.15) is 0 Å². The van der Waals surface area contributed by atoms with Crippen molar-refractivity contribution in [1.82, 2.24) is 0 Å². The highest BCUT2D eigenvalue weighted by atomic mass is 16.5. The second kappa shape index (κ2) is 7.72. The summed E-state index contributed by atoms with van der Waals surface area (Å²) in [5, 5.41) is 19.2. The topological polar surface area (TPSA) is 154 Å². The molecule has 0 radical (unpaired) electrons. The van der Waals surface area contributed by atoms with Crippen molar-refractivity contribution < 1.29 is 14.9 Å². The van der Waals surface area contributed by atoms with E-state index in [0.29, 0.717) is 34.2 Å². The summed E-state index contributed by atoms with van der Waals surface area (Å²) < 4.78 is 5.93. The van der Waals surface area contributed by atoms with Gasteiger partial charge in [0, 0.05) is 0 Å². The van der Waals surface area contributed by atoms with Gasteiger partial charge in [-0.05, 0) is 70.8 Å². The number of phenols is 2. The van der Waals surface area contributed by atoms with Crippen LogP contribution in [0.4, 0.5) is 22.7 Å². The zero-order valence-corrected chi connectivity index (χ0v) is 16.5. The van der Waals surface area contributed by atoms with Gasteiger partial charge in [0.15, 0.2) is 0 Å². The molecular weight excluding hydrogens is 392 g/mol. The zero-order valence-electron chi connectivity index (χ0n) is 16.5. The minimum absolute atomic E-state index is 0.0330. The van der Waals surface area contributed by atoms with E-state index in [2.05, 4.69) is 0 Å². The molecule has 0 saturated carbocycles. The van der Waals surface area contributed by atoms with Gasteiger partial charge in [-0.15, -0.1) is 0 Å². The van der Waals surface area contributed by atoms with Gasteiger partial charge in [-0.2, -0.15) is 0 Å². The van der Waals surface area contributed by atoms with Crippen LogP contribution >= 0.6 is 0 Å². The van der Waals surface area contributed by atoms with Crippen LogP contribution in [0.2, 0.25) is 0 Å². The van der Waals surface area contributed by atoms with Crippen molar-refractivity contribution in [3.63, 3.8) is 0 Å². The number of hydrogen-bond donors (Lipinski definition) is 6. The monoisotopic (exact) mass is 414 g/mol. The van der Waals surface area contributed by atoms with Crippen molar-refractivity contribution in [2.75, 3.05) is 22.9 Å². The first-order chi connectivity index (χ1) is 14.8. The van der Waals surface area contributed by atoms with E-state index in [1.54, 1.807) is 48.5 Å². The molecule has 0 aromatic heterocycles. The fourth-order valence-electron chi connectivity index (χ4n) is 3.23. The number of phenolic OH excluding ortho intramolecular Hbond substituents is 2. The summed E-state index contributed by atoms with van der Waals surface area (Å²) in [6.45, 7) is 0. The van der Waals surface area contributed by atoms with Crippen molar-refractivity contribution >= 4 is 22.7 Å². The average molecular weight is 414 g/mol. The first kappa shape index (κ1) is 19.8. The Morgan fingerprint density at radius 3 is 1.10 bits per heavy atom. The normalized spacial score (nSPS) is 10.7. The molecule has 0 heterocycles. The molecule has 0 fully saturated rings. The third-order valence-corrected chi connectivity index (χ3v) is 4.96. The van der Waals surface area contributed by atoms with E-state index in [-0.39, 0.29) is 11.5 Å². The molecule has 0 spiro atoms. The van der Waals surface area contributed by atoms with Crippen LogP contribution in [0.25, 0.3) is 22.3 Å². The number of aromatic hydroxyl groups is 2. The molecule has 0 aliphatic heterocycles. The molecule has 0 saturated heterocycles. The lowest BCUT2D eigenvalue weighted by atomic mass is 10.0. The summed E-state index contributed by atoms with van der Waals surface area (Å²) >= 11 is 0. The molecule has 4 aromatic rings. The third kappa shape index (κ3) is 3.97. The van der Waals surface area contributed by atoms with E-state index in [4.69, 9.17) is 27.7 Å². The van der Waals surface area contributed by atoms with Crippen molar-refractivity contribution in [3.8, 4) is 45.3 Å². The van der Waals surface area contributed by atoms with E-state index < -0.39 is 0 Å². The van der Waals surface area contributed by atoms with E-state index in [1.165, 1.54) is 12.1 Å². The van der Waals surface area contributed by atoms with Crippen LogP contribution in [-0.4, -0.2) is 10.2 Å². The molecular formula is C24H22N4O3. The van der Waals surface area contributed by atoms with Crippen LogP contribution in [0.5, 0.6) is 23.0 Å². The Balaban J connectivity index is 1.58.